The maximum absolute atomic E-state index is 12.8. The Kier molecular flexibility index (Phi) is 4.04. The molecule has 1 saturated carbocycles. The molecule has 3 aromatic rings. The Morgan fingerprint density at radius 1 is 1.26 bits per heavy atom. The Labute approximate surface area is 161 Å². The number of rotatable bonds is 4. The lowest BCUT2D eigenvalue weighted by Gasteiger charge is -2.16. The van der Waals surface area contributed by atoms with E-state index in [9.17, 15) is 4.79 Å². The molecule has 1 amide bonds. The Morgan fingerprint density at radius 3 is 3.00 bits per heavy atom. The molecule has 27 heavy (non-hydrogen) atoms. The molecule has 138 valence electrons. The van der Waals surface area contributed by atoms with Gasteiger partial charge in [0.25, 0.3) is 5.91 Å². The van der Waals surface area contributed by atoms with E-state index in [4.69, 9.17) is 0 Å². The zero-order valence-corrected chi connectivity index (χ0v) is 16.0. The zero-order valence-electron chi connectivity index (χ0n) is 15.2. The molecule has 0 spiro atoms. The van der Waals surface area contributed by atoms with Crippen LogP contribution in [0, 0.1) is 5.92 Å². The van der Waals surface area contributed by atoms with Crippen molar-refractivity contribution in [3.63, 3.8) is 0 Å². The van der Waals surface area contributed by atoms with Gasteiger partial charge in [0.15, 0.2) is 5.82 Å². The summed E-state index contributed by atoms with van der Waals surface area (Å²) in [5.41, 5.74) is 3.04. The fourth-order valence-corrected chi connectivity index (χ4v) is 4.80. The second-order valence-electron chi connectivity index (χ2n) is 7.62. The summed E-state index contributed by atoms with van der Waals surface area (Å²) in [6.45, 7) is 2.28. The summed E-state index contributed by atoms with van der Waals surface area (Å²) in [5, 5.41) is 15.1. The van der Waals surface area contributed by atoms with Crippen LogP contribution in [0.1, 0.15) is 52.3 Å². The molecule has 2 heterocycles. The highest BCUT2D eigenvalue weighted by Crippen LogP contribution is 2.37. The predicted octanol–water partition coefficient (Wildman–Crippen LogP) is 4.11. The van der Waals surface area contributed by atoms with Crippen LogP contribution in [-0.4, -0.2) is 26.1 Å². The molecule has 5 rings (SSSR count). The van der Waals surface area contributed by atoms with Gasteiger partial charge in [-0.15, -0.1) is 16.4 Å². The number of aryl methyl sites for hydroxylation is 1. The van der Waals surface area contributed by atoms with E-state index >= 15 is 0 Å². The highest BCUT2D eigenvalue weighted by Gasteiger charge is 2.28. The number of tetrazole rings is 1. The van der Waals surface area contributed by atoms with Gasteiger partial charge in [-0.3, -0.25) is 4.79 Å². The fourth-order valence-electron chi connectivity index (χ4n) is 3.70. The third-order valence-corrected chi connectivity index (χ3v) is 6.55. The van der Waals surface area contributed by atoms with E-state index in [1.165, 1.54) is 16.9 Å². The summed E-state index contributed by atoms with van der Waals surface area (Å²) in [6, 6.07) is 10.2. The number of hydrogen-bond donors (Lipinski definition) is 1. The third kappa shape index (κ3) is 3.27. The second kappa shape index (κ2) is 6.56. The summed E-state index contributed by atoms with van der Waals surface area (Å²) >= 11 is 1.63. The van der Waals surface area contributed by atoms with E-state index in [1.54, 1.807) is 11.3 Å². The molecule has 2 aliphatic rings. The molecule has 0 aliphatic heterocycles. The van der Waals surface area contributed by atoms with Gasteiger partial charge in [0.05, 0.1) is 10.9 Å². The number of anilines is 1. The molecule has 6 nitrogen and oxygen atoms in total. The number of carbonyl (C=O) groups is 1. The van der Waals surface area contributed by atoms with Crippen LogP contribution in [0.15, 0.2) is 30.3 Å². The van der Waals surface area contributed by atoms with Crippen LogP contribution in [0.4, 0.5) is 5.69 Å². The van der Waals surface area contributed by atoms with Crippen LogP contribution in [0.2, 0.25) is 0 Å². The molecule has 0 saturated heterocycles. The van der Waals surface area contributed by atoms with Crippen molar-refractivity contribution in [2.24, 2.45) is 5.92 Å². The van der Waals surface area contributed by atoms with Crippen molar-refractivity contribution >= 4 is 22.9 Å². The SMILES string of the molecule is CC1CCc2sc(C(=O)Nc3cccc(-c4nnnn4C4CC4)c3)cc2C1. The molecule has 2 aromatic heterocycles. The Morgan fingerprint density at radius 2 is 2.15 bits per heavy atom. The molecule has 1 unspecified atom stereocenters. The van der Waals surface area contributed by atoms with Crippen molar-refractivity contribution in [1.82, 2.24) is 20.2 Å². The van der Waals surface area contributed by atoms with Crippen LogP contribution in [0.25, 0.3) is 11.4 Å². The van der Waals surface area contributed by atoms with Crippen LogP contribution in [-0.2, 0) is 12.8 Å². The van der Waals surface area contributed by atoms with E-state index in [-0.39, 0.29) is 5.91 Å². The quantitative estimate of drug-likeness (QED) is 0.740. The van der Waals surface area contributed by atoms with Crippen molar-refractivity contribution in [1.29, 1.82) is 0 Å². The maximum Gasteiger partial charge on any atom is 0.265 e. The van der Waals surface area contributed by atoms with Crippen molar-refractivity contribution < 1.29 is 4.79 Å². The van der Waals surface area contributed by atoms with Gasteiger partial charge in [-0.25, -0.2) is 4.68 Å². The summed E-state index contributed by atoms with van der Waals surface area (Å²) in [4.78, 5) is 14.9. The van der Waals surface area contributed by atoms with Crippen molar-refractivity contribution in [3.05, 3.63) is 45.6 Å². The van der Waals surface area contributed by atoms with Gasteiger partial charge in [-0.2, -0.15) is 0 Å². The molecular formula is C20H21N5OS. The predicted molar refractivity (Wildman–Crippen MR) is 105 cm³/mol. The number of aromatic nitrogens is 4. The second-order valence-corrected chi connectivity index (χ2v) is 8.76. The maximum atomic E-state index is 12.8. The van der Waals surface area contributed by atoms with Crippen LogP contribution in [0.3, 0.4) is 0 Å². The first kappa shape index (κ1) is 16.6. The topological polar surface area (TPSA) is 72.7 Å². The first-order chi connectivity index (χ1) is 13.2. The number of benzene rings is 1. The lowest BCUT2D eigenvalue weighted by molar-refractivity contribution is 0.103. The monoisotopic (exact) mass is 379 g/mol. The fraction of sp³-hybridized carbons (Fsp3) is 0.400. The van der Waals surface area contributed by atoms with Crippen molar-refractivity contribution in [2.45, 2.75) is 45.1 Å². The lowest BCUT2D eigenvalue weighted by atomic mass is 9.90. The lowest BCUT2D eigenvalue weighted by Crippen LogP contribution is -2.10. The summed E-state index contributed by atoms with van der Waals surface area (Å²) in [5.74, 6) is 1.42. The van der Waals surface area contributed by atoms with E-state index in [0.717, 1.165) is 47.6 Å². The molecule has 2 aliphatic carbocycles. The van der Waals surface area contributed by atoms with Gasteiger partial charge in [0.1, 0.15) is 0 Å². The van der Waals surface area contributed by atoms with Crippen molar-refractivity contribution in [2.75, 3.05) is 5.32 Å². The van der Waals surface area contributed by atoms with E-state index in [1.807, 2.05) is 28.9 Å². The molecule has 1 atom stereocenters. The van der Waals surface area contributed by atoms with E-state index in [2.05, 4.69) is 33.8 Å². The first-order valence-electron chi connectivity index (χ1n) is 9.48. The van der Waals surface area contributed by atoms with Crippen LogP contribution < -0.4 is 5.32 Å². The molecule has 7 heteroatoms. The average molecular weight is 379 g/mol. The summed E-state index contributed by atoms with van der Waals surface area (Å²) in [6.07, 6.45) is 5.63. The Bertz CT molecular complexity index is 1000. The average Bonchev–Trinajstić information content (AvgIpc) is 3.23. The zero-order chi connectivity index (χ0) is 18.4. The molecule has 1 fully saturated rings. The minimum absolute atomic E-state index is 0.0408. The van der Waals surface area contributed by atoms with E-state index < -0.39 is 0 Å². The largest absolute Gasteiger partial charge is 0.321 e. The van der Waals surface area contributed by atoms with Gasteiger partial charge in [-0.05, 0) is 72.2 Å². The summed E-state index contributed by atoms with van der Waals surface area (Å²) < 4.78 is 1.88. The van der Waals surface area contributed by atoms with Crippen LogP contribution in [0.5, 0.6) is 0 Å². The Hall–Kier alpha value is -2.54. The standard InChI is InChI=1S/C20H21N5OS/c1-12-5-8-17-14(9-12)11-18(27-17)20(26)21-15-4-2-3-13(10-15)19-22-23-24-25(19)16-6-7-16/h2-4,10-12,16H,5-9H2,1H3,(H,21,26). The van der Waals surface area contributed by atoms with E-state index in [0.29, 0.717) is 12.0 Å². The molecule has 0 radical (unpaired) electrons. The summed E-state index contributed by atoms with van der Waals surface area (Å²) in [7, 11) is 0. The highest BCUT2D eigenvalue weighted by molar-refractivity contribution is 7.14. The van der Waals surface area contributed by atoms with Gasteiger partial charge >= 0.3 is 0 Å². The number of nitrogens with zero attached hydrogens (tertiary/aromatic N) is 4. The third-order valence-electron chi connectivity index (χ3n) is 5.32. The van der Waals surface area contributed by atoms with Gasteiger partial charge in [0, 0.05) is 16.1 Å². The Balaban J connectivity index is 1.37. The molecule has 1 aromatic carbocycles. The molecule has 0 bridgehead atoms. The number of hydrogen-bond acceptors (Lipinski definition) is 5. The van der Waals surface area contributed by atoms with Crippen LogP contribution >= 0.6 is 11.3 Å². The molecular weight excluding hydrogens is 358 g/mol. The number of thiophene rings is 1. The normalized spacial score (nSPS) is 18.9. The minimum atomic E-state index is -0.0408. The van der Waals surface area contributed by atoms with Crippen molar-refractivity contribution in [3.8, 4) is 11.4 Å². The van der Waals surface area contributed by atoms with Gasteiger partial charge in [0.2, 0.25) is 0 Å². The smallest absolute Gasteiger partial charge is 0.265 e. The first-order valence-corrected chi connectivity index (χ1v) is 10.3. The number of nitrogens with one attached hydrogen (secondary N) is 1. The number of carbonyl (C=O) groups excluding carboxylic acids is 1. The highest BCUT2D eigenvalue weighted by atomic mass is 32.1. The molecule has 1 N–H and O–H groups in total. The number of amides is 1. The number of fused-ring (bicyclic) bond motifs is 1. The van der Waals surface area contributed by atoms with Gasteiger partial charge in [-0.1, -0.05) is 19.1 Å². The van der Waals surface area contributed by atoms with Gasteiger partial charge < -0.3 is 5.32 Å². The minimum Gasteiger partial charge on any atom is -0.321 e.